The summed E-state index contributed by atoms with van der Waals surface area (Å²) in [5, 5.41) is 12.3. The fraction of sp³-hybridized carbons (Fsp3) is 0.0385. The van der Waals surface area contributed by atoms with Crippen LogP contribution < -0.4 is 5.56 Å². The van der Waals surface area contributed by atoms with E-state index in [1.165, 1.54) is 0 Å². The van der Waals surface area contributed by atoms with Crippen molar-refractivity contribution in [3.8, 4) is 28.2 Å². The standard InChI is InChI=1S/C26H19ClN4O/c27-22-13-11-18(12-14-22)24-16-20(26(32)29-28-24)15-21-17-31(23-9-5-2-6-10-23)30-25(21)19-7-3-1-4-8-19/h1-14,16-17H,15H2,(H,29,32). The molecule has 0 fully saturated rings. The van der Waals surface area contributed by atoms with Crippen molar-refractivity contribution in [2.45, 2.75) is 6.42 Å². The third-order valence-electron chi connectivity index (χ3n) is 5.26. The first-order chi connectivity index (χ1) is 15.7. The van der Waals surface area contributed by atoms with Crippen LogP contribution in [0.15, 0.2) is 102 Å². The fourth-order valence-corrected chi connectivity index (χ4v) is 3.77. The summed E-state index contributed by atoms with van der Waals surface area (Å²) >= 11 is 6.00. The molecule has 0 amide bonds. The average molecular weight is 439 g/mol. The van der Waals surface area contributed by atoms with Crippen molar-refractivity contribution in [2.24, 2.45) is 0 Å². The van der Waals surface area contributed by atoms with Gasteiger partial charge in [-0.1, -0.05) is 72.3 Å². The molecule has 2 heterocycles. The van der Waals surface area contributed by atoms with Crippen LogP contribution in [0.25, 0.3) is 28.2 Å². The van der Waals surface area contributed by atoms with E-state index in [4.69, 9.17) is 16.7 Å². The minimum atomic E-state index is -0.214. The molecule has 0 aliphatic carbocycles. The molecule has 156 valence electrons. The molecule has 32 heavy (non-hydrogen) atoms. The van der Waals surface area contributed by atoms with Gasteiger partial charge in [-0.3, -0.25) is 4.79 Å². The molecule has 0 radical (unpaired) electrons. The molecule has 0 aliphatic rings. The molecule has 0 unspecified atom stereocenters. The molecule has 1 N–H and O–H groups in total. The predicted octanol–water partition coefficient (Wildman–Crippen LogP) is 5.53. The smallest absolute Gasteiger partial charge is 0.267 e. The Labute approximate surface area is 190 Å². The SMILES string of the molecule is O=c1[nH]nc(-c2ccc(Cl)cc2)cc1Cc1cn(-c2ccccc2)nc1-c1ccccc1. The molecule has 5 aromatic rings. The number of nitrogens with one attached hydrogen (secondary N) is 1. The second-order valence-corrected chi connectivity index (χ2v) is 7.88. The topological polar surface area (TPSA) is 63.6 Å². The van der Waals surface area contributed by atoms with Gasteiger partial charge in [0.1, 0.15) is 0 Å². The van der Waals surface area contributed by atoms with Crippen LogP contribution in [0, 0.1) is 0 Å². The number of hydrogen-bond acceptors (Lipinski definition) is 3. The van der Waals surface area contributed by atoms with E-state index in [2.05, 4.69) is 10.2 Å². The minimum Gasteiger partial charge on any atom is -0.268 e. The number of nitrogens with zero attached hydrogens (tertiary/aromatic N) is 3. The van der Waals surface area contributed by atoms with Crippen LogP contribution in [0.5, 0.6) is 0 Å². The van der Waals surface area contributed by atoms with E-state index < -0.39 is 0 Å². The summed E-state index contributed by atoms with van der Waals surface area (Å²) in [6.45, 7) is 0. The fourth-order valence-electron chi connectivity index (χ4n) is 3.64. The van der Waals surface area contributed by atoms with E-state index in [9.17, 15) is 4.79 Å². The number of H-pyrrole nitrogens is 1. The highest BCUT2D eigenvalue weighted by molar-refractivity contribution is 6.30. The highest BCUT2D eigenvalue weighted by Gasteiger charge is 2.15. The Hall–Kier alpha value is -3.96. The van der Waals surface area contributed by atoms with Gasteiger partial charge in [0.25, 0.3) is 5.56 Å². The maximum Gasteiger partial charge on any atom is 0.267 e. The Morgan fingerprint density at radius 2 is 1.50 bits per heavy atom. The lowest BCUT2D eigenvalue weighted by Gasteiger charge is -2.05. The predicted molar refractivity (Wildman–Crippen MR) is 127 cm³/mol. The first-order valence-electron chi connectivity index (χ1n) is 10.2. The molecule has 5 nitrogen and oxygen atoms in total. The molecular formula is C26H19ClN4O. The zero-order chi connectivity index (χ0) is 21.9. The molecule has 0 saturated heterocycles. The van der Waals surface area contributed by atoms with Crippen molar-refractivity contribution in [1.82, 2.24) is 20.0 Å². The van der Waals surface area contributed by atoms with Gasteiger partial charge >= 0.3 is 0 Å². The van der Waals surface area contributed by atoms with Crippen LogP contribution in [0.1, 0.15) is 11.1 Å². The number of benzene rings is 3. The summed E-state index contributed by atoms with van der Waals surface area (Å²) in [5.41, 5.74) is 5.74. The third-order valence-corrected chi connectivity index (χ3v) is 5.51. The normalized spacial score (nSPS) is 10.9. The zero-order valence-corrected chi connectivity index (χ0v) is 17.8. The average Bonchev–Trinajstić information content (AvgIpc) is 3.26. The molecule has 6 heteroatoms. The Morgan fingerprint density at radius 3 is 2.22 bits per heavy atom. The lowest BCUT2D eigenvalue weighted by Crippen LogP contribution is -2.15. The van der Waals surface area contributed by atoms with Crippen LogP contribution >= 0.6 is 11.6 Å². The van der Waals surface area contributed by atoms with E-state index in [1.807, 2.05) is 89.7 Å². The van der Waals surface area contributed by atoms with Crippen LogP contribution in [0.4, 0.5) is 0 Å². The van der Waals surface area contributed by atoms with Crippen molar-refractivity contribution in [1.29, 1.82) is 0 Å². The van der Waals surface area contributed by atoms with E-state index in [-0.39, 0.29) is 5.56 Å². The van der Waals surface area contributed by atoms with Gasteiger partial charge in [-0.15, -0.1) is 0 Å². The summed E-state index contributed by atoms with van der Waals surface area (Å²) in [4.78, 5) is 12.6. The molecule has 0 aliphatic heterocycles. The van der Waals surface area contributed by atoms with Gasteiger partial charge in [0.2, 0.25) is 0 Å². The van der Waals surface area contributed by atoms with Gasteiger partial charge < -0.3 is 0 Å². The summed E-state index contributed by atoms with van der Waals surface area (Å²) in [5.74, 6) is 0. The van der Waals surface area contributed by atoms with Crippen LogP contribution in [0.3, 0.4) is 0 Å². The molecule has 2 aromatic heterocycles. The quantitative estimate of drug-likeness (QED) is 0.392. The number of rotatable bonds is 5. The van der Waals surface area contributed by atoms with Crippen molar-refractivity contribution >= 4 is 11.6 Å². The van der Waals surface area contributed by atoms with Gasteiger partial charge in [0, 0.05) is 39.9 Å². The second kappa shape index (κ2) is 8.65. The summed E-state index contributed by atoms with van der Waals surface area (Å²) in [7, 11) is 0. The maximum absolute atomic E-state index is 12.6. The highest BCUT2D eigenvalue weighted by Crippen LogP contribution is 2.26. The van der Waals surface area contributed by atoms with Crippen LogP contribution in [-0.2, 0) is 6.42 Å². The Bertz CT molecular complexity index is 1410. The van der Waals surface area contributed by atoms with Crippen LogP contribution in [-0.4, -0.2) is 20.0 Å². The first kappa shape index (κ1) is 20.0. The number of aromatic nitrogens is 4. The van der Waals surface area contributed by atoms with Gasteiger partial charge in [0.05, 0.1) is 17.1 Å². The summed E-state index contributed by atoms with van der Waals surface area (Å²) in [6.07, 6.45) is 2.41. The Morgan fingerprint density at radius 1 is 0.812 bits per heavy atom. The van der Waals surface area contributed by atoms with E-state index in [1.54, 1.807) is 12.1 Å². The number of halogens is 1. The molecule has 5 rings (SSSR count). The van der Waals surface area contributed by atoms with Gasteiger partial charge in [-0.2, -0.15) is 10.2 Å². The highest BCUT2D eigenvalue weighted by atomic mass is 35.5. The monoisotopic (exact) mass is 438 g/mol. The molecule has 0 bridgehead atoms. The lowest BCUT2D eigenvalue weighted by molar-refractivity contribution is 0.883. The zero-order valence-electron chi connectivity index (χ0n) is 17.1. The number of para-hydroxylation sites is 1. The summed E-state index contributed by atoms with van der Waals surface area (Å²) in [6, 6.07) is 29.1. The summed E-state index contributed by atoms with van der Waals surface area (Å²) < 4.78 is 1.85. The van der Waals surface area contributed by atoms with E-state index in [0.717, 1.165) is 28.1 Å². The number of hydrogen-bond donors (Lipinski definition) is 1. The van der Waals surface area contributed by atoms with E-state index >= 15 is 0 Å². The van der Waals surface area contributed by atoms with Crippen molar-refractivity contribution in [3.63, 3.8) is 0 Å². The maximum atomic E-state index is 12.6. The van der Waals surface area contributed by atoms with E-state index in [0.29, 0.717) is 22.7 Å². The minimum absolute atomic E-state index is 0.214. The van der Waals surface area contributed by atoms with Crippen molar-refractivity contribution in [3.05, 3.63) is 124 Å². The lowest BCUT2D eigenvalue weighted by atomic mass is 10.0. The largest absolute Gasteiger partial charge is 0.268 e. The molecule has 0 spiro atoms. The van der Waals surface area contributed by atoms with Gasteiger partial charge in [-0.25, -0.2) is 9.78 Å². The first-order valence-corrected chi connectivity index (χ1v) is 10.6. The third kappa shape index (κ3) is 4.11. The number of aromatic amines is 1. The second-order valence-electron chi connectivity index (χ2n) is 7.44. The van der Waals surface area contributed by atoms with Crippen molar-refractivity contribution in [2.75, 3.05) is 0 Å². The molecule has 3 aromatic carbocycles. The molecule has 0 atom stereocenters. The molecule has 0 saturated carbocycles. The Kier molecular flexibility index (Phi) is 5.40. The van der Waals surface area contributed by atoms with Gasteiger partial charge in [0.15, 0.2) is 0 Å². The van der Waals surface area contributed by atoms with Crippen LogP contribution in [0.2, 0.25) is 5.02 Å². The van der Waals surface area contributed by atoms with Gasteiger partial charge in [-0.05, 0) is 30.3 Å². The Balaban J connectivity index is 1.58. The molecular weight excluding hydrogens is 420 g/mol. The van der Waals surface area contributed by atoms with Crippen molar-refractivity contribution < 1.29 is 0 Å².